The first-order valence-corrected chi connectivity index (χ1v) is 10.4. The van der Waals surface area contributed by atoms with E-state index in [9.17, 15) is 18.0 Å². The number of nitrogens with zero attached hydrogens (tertiary/aromatic N) is 2. The van der Waals surface area contributed by atoms with Gasteiger partial charge in [-0.25, -0.2) is 8.42 Å². The number of rotatable bonds is 4. The molecule has 0 aromatic heterocycles. The highest BCUT2D eigenvalue weighted by atomic mass is 32.2. The predicted octanol–water partition coefficient (Wildman–Crippen LogP) is 1.41. The first-order chi connectivity index (χ1) is 12.4. The lowest BCUT2D eigenvalue weighted by molar-refractivity contribution is -0.125. The molecule has 0 bridgehead atoms. The third-order valence-corrected chi connectivity index (χ3v) is 7.20. The maximum absolute atomic E-state index is 13.2. The number of benzene rings is 1. The number of piperidine rings is 1. The van der Waals surface area contributed by atoms with Crippen molar-refractivity contribution in [3.8, 4) is 0 Å². The number of anilines is 1. The minimum atomic E-state index is -3.78. The highest BCUT2D eigenvalue weighted by molar-refractivity contribution is 7.89. The van der Waals surface area contributed by atoms with Gasteiger partial charge >= 0.3 is 0 Å². The summed E-state index contributed by atoms with van der Waals surface area (Å²) in [5, 5.41) is 2.56. The molecule has 2 amide bonds. The van der Waals surface area contributed by atoms with Crippen LogP contribution in [0.25, 0.3) is 0 Å². The molecule has 1 unspecified atom stereocenters. The van der Waals surface area contributed by atoms with Crippen molar-refractivity contribution in [3.05, 3.63) is 23.8 Å². The number of hydrogen-bond donors (Lipinski definition) is 1. The molecule has 1 aromatic carbocycles. The minimum absolute atomic E-state index is 0.0655. The Labute approximate surface area is 154 Å². The fourth-order valence-corrected chi connectivity index (χ4v) is 5.62. The van der Waals surface area contributed by atoms with E-state index in [-0.39, 0.29) is 16.7 Å². The number of carbonyl (C=O) groups is 2. The van der Waals surface area contributed by atoms with Crippen LogP contribution < -0.4 is 10.2 Å². The van der Waals surface area contributed by atoms with E-state index in [1.54, 1.807) is 30.0 Å². The van der Waals surface area contributed by atoms with Gasteiger partial charge in [0, 0.05) is 32.2 Å². The first kappa shape index (κ1) is 18.8. The zero-order chi connectivity index (χ0) is 18.9. The van der Waals surface area contributed by atoms with E-state index < -0.39 is 16.1 Å². The number of hydrogen-bond acceptors (Lipinski definition) is 4. The van der Waals surface area contributed by atoms with Gasteiger partial charge in [-0.1, -0.05) is 6.42 Å². The van der Waals surface area contributed by atoms with Gasteiger partial charge in [0.2, 0.25) is 21.8 Å². The fraction of sp³-hybridized carbons (Fsp3) is 0.556. The van der Waals surface area contributed by atoms with Crippen molar-refractivity contribution in [3.63, 3.8) is 0 Å². The van der Waals surface area contributed by atoms with E-state index in [2.05, 4.69) is 5.32 Å². The highest BCUT2D eigenvalue weighted by Crippen LogP contribution is 2.30. The monoisotopic (exact) mass is 379 g/mol. The van der Waals surface area contributed by atoms with Gasteiger partial charge in [0.15, 0.2) is 0 Å². The van der Waals surface area contributed by atoms with Crippen LogP contribution in [0.5, 0.6) is 0 Å². The Kier molecular flexibility index (Phi) is 5.34. The van der Waals surface area contributed by atoms with Crippen molar-refractivity contribution in [1.29, 1.82) is 0 Å². The molecule has 3 rings (SSSR count). The molecule has 2 fully saturated rings. The van der Waals surface area contributed by atoms with Crippen LogP contribution in [-0.4, -0.2) is 50.7 Å². The second-order valence-electron chi connectivity index (χ2n) is 6.84. The zero-order valence-electron chi connectivity index (χ0n) is 15.2. The van der Waals surface area contributed by atoms with Gasteiger partial charge in [0.05, 0.1) is 4.90 Å². The van der Waals surface area contributed by atoms with E-state index in [0.29, 0.717) is 31.5 Å². The molecule has 0 radical (unpaired) electrons. The van der Waals surface area contributed by atoms with Crippen LogP contribution in [-0.2, 0) is 19.6 Å². The van der Waals surface area contributed by atoms with Gasteiger partial charge in [-0.3, -0.25) is 9.59 Å². The maximum Gasteiger partial charge on any atom is 0.244 e. The maximum atomic E-state index is 13.2. The smallest absolute Gasteiger partial charge is 0.244 e. The Morgan fingerprint density at radius 1 is 1.19 bits per heavy atom. The molecule has 26 heavy (non-hydrogen) atoms. The average molecular weight is 379 g/mol. The molecule has 142 valence electrons. The van der Waals surface area contributed by atoms with E-state index >= 15 is 0 Å². The van der Waals surface area contributed by atoms with Gasteiger partial charge in [-0.2, -0.15) is 4.31 Å². The Morgan fingerprint density at radius 3 is 2.58 bits per heavy atom. The quantitative estimate of drug-likeness (QED) is 0.857. The Balaban J connectivity index is 1.93. The van der Waals surface area contributed by atoms with E-state index in [1.165, 1.54) is 11.4 Å². The third kappa shape index (κ3) is 3.35. The molecule has 1 atom stereocenters. The Bertz CT molecular complexity index is 822. The molecule has 1 N–H and O–H groups in total. The molecule has 8 heteroatoms. The predicted molar refractivity (Wildman–Crippen MR) is 98.4 cm³/mol. The van der Waals surface area contributed by atoms with Crippen molar-refractivity contribution in [2.75, 3.05) is 25.0 Å². The van der Waals surface area contributed by atoms with Gasteiger partial charge in [-0.05, 0) is 49.9 Å². The molecule has 7 nitrogen and oxygen atoms in total. The van der Waals surface area contributed by atoms with Crippen molar-refractivity contribution in [1.82, 2.24) is 9.62 Å². The second kappa shape index (κ2) is 7.36. The van der Waals surface area contributed by atoms with Crippen LogP contribution in [0.4, 0.5) is 5.69 Å². The largest absolute Gasteiger partial charge is 0.358 e. The van der Waals surface area contributed by atoms with Crippen LogP contribution in [0.2, 0.25) is 0 Å². The summed E-state index contributed by atoms with van der Waals surface area (Å²) in [7, 11) is -2.26. The number of likely N-dealkylation sites (N-methyl/N-ethyl adjacent to an activating group) is 1. The molecule has 0 aliphatic carbocycles. The summed E-state index contributed by atoms with van der Waals surface area (Å²) in [5.41, 5.74) is 1.31. The molecular formula is C18H25N3O4S. The summed E-state index contributed by atoms with van der Waals surface area (Å²) >= 11 is 0. The van der Waals surface area contributed by atoms with Crippen molar-refractivity contribution in [2.45, 2.75) is 50.0 Å². The van der Waals surface area contributed by atoms with E-state index in [1.807, 2.05) is 0 Å². The van der Waals surface area contributed by atoms with Crippen molar-refractivity contribution in [2.24, 2.45) is 0 Å². The summed E-state index contributed by atoms with van der Waals surface area (Å²) in [6, 6.07) is 4.32. The molecule has 2 heterocycles. The van der Waals surface area contributed by atoms with E-state index in [0.717, 1.165) is 24.9 Å². The zero-order valence-corrected chi connectivity index (χ0v) is 16.0. The van der Waals surface area contributed by atoms with Gasteiger partial charge in [0.1, 0.15) is 6.04 Å². The summed E-state index contributed by atoms with van der Waals surface area (Å²) < 4.78 is 27.7. The summed E-state index contributed by atoms with van der Waals surface area (Å²) in [6.07, 6.45) is 3.45. The minimum Gasteiger partial charge on any atom is -0.358 e. The SMILES string of the molecule is CNC(=O)C1CCCCN1S(=O)(=O)c1ccc(N2CCCC2=O)cc1C. The molecule has 2 saturated heterocycles. The topological polar surface area (TPSA) is 86.8 Å². The number of carbonyl (C=O) groups excluding carboxylic acids is 2. The normalized spacial score (nSPS) is 21.8. The lowest BCUT2D eigenvalue weighted by atomic mass is 10.0. The lowest BCUT2D eigenvalue weighted by Gasteiger charge is -2.33. The Hall–Kier alpha value is -1.93. The van der Waals surface area contributed by atoms with Crippen LogP contribution in [0.15, 0.2) is 23.1 Å². The molecule has 0 spiro atoms. The molecule has 2 aliphatic rings. The average Bonchev–Trinajstić information content (AvgIpc) is 3.06. The summed E-state index contributed by atoms with van der Waals surface area (Å²) in [4.78, 5) is 26.0. The molecule has 2 aliphatic heterocycles. The number of sulfonamides is 1. The van der Waals surface area contributed by atoms with Crippen LogP contribution in [0.1, 0.15) is 37.7 Å². The van der Waals surface area contributed by atoms with Gasteiger partial charge in [-0.15, -0.1) is 0 Å². The summed E-state index contributed by atoms with van der Waals surface area (Å²) in [6.45, 7) is 2.73. The molecule has 0 saturated carbocycles. The third-order valence-electron chi connectivity index (χ3n) is 5.13. The van der Waals surface area contributed by atoms with Gasteiger partial charge in [0.25, 0.3) is 0 Å². The van der Waals surface area contributed by atoms with Crippen molar-refractivity contribution < 1.29 is 18.0 Å². The lowest BCUT2D eigenvalue weighted by Crippen LogP contribution is -2.51. The van der Waals surface area contributed by atoms with Gasteiger partial charge < -0.3 is 10.2 Å². The van der Waals surface area contributed by atoms with Crippen LogP contribution in [0.3, 0.4) is 0 Å². The Morgan fingerprint density at radius 2 is 1.96 bits per heavy atom. The standard InChI is InChI=1S/C18H25N3O4S/c1-13-12-14(20-10-5-7-17(20)22)8-9-16(13)26(24,25)21-11-4-3-6-15(21)18(23)19-2/h8-9,12,15H,3-7,10-11H2,1-2H3,(H,19,23). The number of aryl methyl sites for hydroxylation is 1. The second-order valence-corrected chi connectivity index (χ2v) is 8.70. The van der Waals surface area contributed by atoms with Crippen LogP contribution >= 0.6 is 0 Å². The first-order valence-electron chi connectivity index (χ1n) is 9.00. The van der Waals surface area contributed by atoms with Crippen molar-refractivity contribution >= 4 is 27.5 Å². The fourth-order valence-electron chi connectivity index (χ4n) is 3.76. The highest BCUT2D eigenvalue weighted by Gasteiger charge is 2.38. The molecular weight excluding hydrogens is 354 g/mol. The number of amides is 2. The van der Waals surface area contributed by atoms with E-state index in [4.69, 9.17) is 0 Å². The number of nitrogens with one attached hydrogen (secondary N) is 1. The molecule has 1 aromatic rings. The summed E-state index contributed by atoms with van der Waals surface area (Å²) in [5.74, 6) is -0.207. The van der Waals surface area contributed by atoms with Crippen LogP contribution in [0, 0.1) is 6.92 Å².